The van der Waals surface area contributed by atoms with Crippen LogP contribution in [0.25, 0.3) is 0 Å². The monoisotopic (exact) mass is 279 g/mol. The molecule has 2 unspecified atom stereocenters. The summed E-state index contributed by atoms with van der Waals surface area (Å²) >= 11 is 0. The van der Waals surface area contributed by atoms with E-state index in [-0.39, 0.29) is 0 Å². The minimum atomic E-state index is 0.452. The van der Waals surface area contributed by atoms with Gasteiger partial charge in [-0.05, 0) is 37.5 Å². The van der Waals surface area contributed by atoms with Crippen LogP contribution in [0.1, 0.15) is 71.6 Å². The summed E-state index contributed by atoms with van der Waals surface area (Å²) in [5.41, 5.74) is 0.452. The van der Waals surface area contributed by atoms with Crippen LogP contribution < -0.4 is 5.32 Å². The summed E-state index contributed by atoms with van der Waals surface area (Å²) in [6.07, 6.45) is 13.5. The van der Waals surface area contributed by atoms with Gasteiger partial charge >= 0.3 is 0 Å². The number of hydrogen-bond acceptors (Lipinski definition) is 2. The van der Waals surface area contributed by atoms with Gasteiger partial charge < -0.3 is 10.1 Å². The van der Waals surface area contributed by atoms with Gasteiger partial charge in [0, 0.05) is 24.6 Å². The molecule has 0 amide bonds. The van der Waals surface area contributed by atoms with E-state index >= 15 is 0 Å². The number of ether oxygens (including phenoxy) is 1. The molecule has 1 N–H and O–H groups in total. The molecule has 3 fully saturated rings. The van der Waals surface area contributed by atoms with E-state index in [0.29, 0.717) is 17.6 Å². The average Bonchev–Trinajstić information content (AvgIpc) is 3.20. The van der Waals surface area contributed by atoms with Crippen molar-refractivity contribution in [1.82, 2.24) is 5.32 Å². The minimum absolute atomic E-state index is 0.452. The van der Waals surface area contributed by atoms with E-state index in [2.05, 4.69) is 19.2 Å². The zero-order chi connectivity index (χ0) is 14.0. The quantitative estimate of drug-likeness (QED) is 0.789. The van der Waals surface area contributed by atoms with Crippen LogP contribution in [-0.4, -0.2) is 25.3 Å². The van der Waals surface area contributed by atoms with Crippen molar-refractivity contribution in [3.8, 4) is 0 Å². The molecule has 2 heteroatoms. The van der Waals surface area contributed by atoms with Gasteiger partial charge in [0.15, 0.2) is 0 Å². The van der Waals surface area contributed by atoms with Crippen molar-refractivity contribution in [2.24, 2.45) is 17.3 Å². The smallest absolute Gasteiger partial charge is 0.0672 e. The summed E-state index contributed by atoms with van der Waals surface area (Å²) in [6, 6.07) is 0.596. The molecular weight excluding hydrogens is 246 g/mol. The van der Waals surface area contributed by atoms with E-state index in [9.17, 15) is 0 Å². The maximum atomic E-state index is 6.23. The molecule has 1 aliphatic heterocycles. The molecule has 20 heavy (non-hydrogen) atoms. The molecule has 116 valence electrons. The van der Waals surface area contributed by atoms with Gasteiger partial charge in [0.25, 0.3) is 0 Å². The molecule has 1 heterocycles. The van der Waals surface area contributed by atoms with E-state index in [1.54, 1.807) is 0 Å². The zero-order valence-corrected chi connectivity index (χ0v) is 13.5. The van der Waals surface area contributed by atoms with E-state index in [1.165, 1.54) is 64.3 Å². The molecule has 3 rings (SSSR count). The molecule has 2 aliphatic carbocycles. The van der Waals surface area contributed by atoms with Crippen molar-refractivity contribution >= 4 is 0 Å². The SMILES string of the molecule is CC(C)NCC1(CC2CCCCC2)CCOC1C1CC1. The van der Waals surface area contributed by atoms with E-state index in [4.69, 9.17) is 4.74 Å². The second-order valence-corrected chi connectivity index (χ2v) is 7.98. The fourth-order valence-electron chi connectivity index (χ4n) is 4.60. The molecule has 0 aromatic rings. The van der Waals surface area contributed by atoms with Crippen LogP contribution in [0.4, 0.5) is 0 Å². The van der Waals surface area contributed by atoms with Crippen LogP contribution in [0.2, 0.25) is 0 Å². The van der Waals surface area contributed by atoms with Gasteiger partial charge in [-0.25, -0.2) is 0 Å². The van der Waals surface area contributed by atoms with Gasteiger partial charge in [0.05, 0.1) is 6.10 Å². The minimum Gasteiger partial charge on any atom is -0.377 e. The van der Waals surface area contributed by atoms with Gasteiger partial charge in [-0.1, -0.05) is 46.0 Å². The van der Waals surface area contributed by atoms with Crippen molar-refractivity contribution in [2.75, 3.05) is 13.2 Å². The first-order chi connectivity index (χ1) is 9.70. The highest BCUT2D eigenvalue weighted by Gasteiger charge is 2.51. The predicted molar refractivity (Wildman–Crippen MR) is 83.8 cm³/mol. The lowest BCUT2D eigenvalue weighted by atomic mass is 9.69. The van der Waals surface area contributed by atoms with Gasteiger partial charge in [-0.3, -0.25) is 0 Å². The van der Waals surface area contributed by atoms with Crippen molar-refractivity contribution in [1.29, 1.82) is 0 Å². The second kappa shape index (κ2) is 6.36. The van der Waals surface area contributed by atoms with Crippen molar-refractivity contribution in [2.45, 2.75) is 83.8 Å². The normalized spacial score (nSPS) is 35.9. The third-order valence-electron chi connectivity index (χ3n) is 5.83. The van der Waals surface area contributed by atoms with Crippen LogP contribution in [0, 0.1) is 17.3 Å². The Morgan fingerprint density at radius 1 is 1.10 bits per heavy atom. The lowest BCUT2D eigenvalue weighted by molar-refractivity contribution is 0.0146. The highest BCUT2D eigenvalue weighted by molar-refractivity contribution is 5.01. The molecule has 0 aromatic carbocycles. The predicted octanol–water partition coefficient (Wildman–Crippen LogP) is 4.14. The van der Waals surface area contributed by atoms with Gasteiger partial charge in [0.2, 0.25) is 0 Å². The topological polar surface area (TPSA) is 21.3 Å². The Hall–Kier alpha value is -0.0800. The van der Waals surface area contributed by atoms with Crippen LogP contribution in [0.5, 0.6) is 0 Å². The third kappa shape index (κ3) is 3.39. The summed E-state index contributed by atoms with van der Waals surface area (Å²) in [6.45, 7) is 6.74. The first-order valence-corrected chi connectivity index (χ1v) is 9.05. The second-order valence-electron chi connectivity index (χ2n) is 7.98. The molecular formula is C18H33NO. The third-order valence-corrected chi connectivity index (χ3v) is 5.83. The number of rotatable bonds is 6. The Morgan fingerprint density at radius 3 is 2.50 bits per heavy atom. The molecule has 1 saturated heterocycles. The molecule has 0 aromatic heterocycles. The fraction of sp³-hybridized carbons (Fsp3) is 1.00. The number of hydrogen-bond donors (Lipinski definition) is 1. The fourth-order valence-corrected chi connectivity index (χ4v) is 4.60. The molecule has 0 bridgehead atoms. The standard InChI is InChI=1S/C18H33NO/c1-14(2)19-13-18(12-15-6-4-3-5-7-15)10-11-20-17(18)16-8-9-16/h14-17,19H,3-13H2,1-2H3. The Labute approximate surface area is 125 Å². The van der Waals surface area contributed by atoms with Crippen LogP contribution >= 0.6 is 0 Å². The number of nitrogens with one attached hydrogen (secondary N) is 1. The van der Waals surface area contributed by atoms with Crippen molar-refractivity contribution in [3.63, 3.8) is 0 Å². The summed E-state index contributed by atoms with van der Waals surface area (Å²) in [7, 11) is 0. The maximum Gasteiger partial charge on any atom is 0.0672 e. The van der Waals surface area contributed by atoms with Gasteiger partial charge in [-0.15, -0.1) is 0 Å². The first-order valence-electron chi connectivity index (χ1n) is 9.05. The van der Waals surface area contributed by atoms with Gasteiger partial charge in [-0.2, -0.15) is 0 Å². The van der Waals surface area contributed by atoms with E-state index in [0.717, 1.165) is 18.4 Å². The van der Waals surface area contributed by atoms with Crippen LogP contribution in [0.3, 0.4) is 0 Å². The Kier molecular flexibility index (Phi) is 4.72. The molecule has 0 radical (unpaired) electrons. The largest absolute Gasteiger partial charge is 0.377 e. The highest BCUT2D eigenvalue weighted by Crippen LogP contribution is 2.51. The summed E-state index contributed by atoms with van der Waals surface area (Å²) in [4.78, 5) is 0. The van der Waals surface area contributed by atoms with Crippen molar-refractivity contribution < 1.29 is 4.74 Å². The summed E-state index contributed by atoms with van der Waals surface area (Å²) in [5.74, 6) is 1.86. The lowest BCUT2D eigenvalue weighted by Gasteiger charge is -2.39. The van der Waals surface area contributed by atoms with E-state index < -0.39 is 0 Å². The van der Waals surface area contributed by atoms with Crippen LogP contribution in [-0.2, 0) is 4.74 Å². The molecule has 0 spiro atoms. The summed E-state index contributed by atoms with van der Waals surface area (Å²) < 4.78 is 6.23. The summed E-state index contributed by atoms with van der Waals surface area (Å²) in [5, 5.41) is 3.75. The zero-order valence-electron chi connectivity index (χ0n) is 13.5. The molecule has 2 nitrogen and oxygen atoms in total. The molecule has 3 aliphatic rings. The average molecular weight is 279 g/mol. The molecule has 2 saturated carbocycles. The van der Waals surface area contributed by atoms with Crippen LogP contribution in [0.15, 0.2) is 0 Å². The highest BCUT2D eigenvalue weighted by atomic mass is 16.5. The van der Waals surface area contributed by atoms with Gasteiger partial charge in [0.1, 0.15) is 0 Å². The Bertz CT molecular complexity index is 307. The first kappa shape index (κ1) is 14.8. The lowest BCUT2D eigenvalue weighted by Crippen LogP contribution is -2.45. The maximum absolute atomic E-state index is 6.23. The Balaban J connectivity index is 1.68. The van der Waals surface area contributed by atoms with E-state index in [1.807, 2.05) is 0 Å². The Morgan fingerprint density at radius 2 is 1.85 bits per heavy atom. The van der Waals surface area contributed by atoms with Crippen molar-refractivity contribution in [3.05, 3.63) is 0 Å². The molecule has 2 atom stereocenters.